The third-order valence-electron chi connectivity index (χ3n) is 5.73. The Kier molecular flexibility index (Phi) is 4.51. The van der Waals surface area contributed by atoms with Crippen molar-refractivity contribution in [2.45, 2.75) is 31.3 Å². The molecule has 0 saturated carbocycles. The molecule has 1 spiro atoms. The molecule has 0 bridgehead atoms. The molecule has 1 atom stereocenters. The molecule has 3 rings (SSSR count). The van der Waals surface area contributed by atoms with E-state index in [9.17, 15) is 24.6 Å². The van der Waals surface area contributed by atoms with Crippen LogP contribution in [0, 0.1) is 5.92 Å². The van der Waals surface area contributed by atoms with Gasteiger partial charge in [-0.15, -0.1) is 0 Å². The van der Waals surface area contributed by atoms with E-state index in [1.165, 1.54) is 0 Å². The van der Waals surface area contributed by atoms with E-state index in [0.717, 1.165) is 5.56 Å². The zero-order chi connectivity index (χ0) is 18.2. The average Bonchev–Trinajstić information content (AvgIpc) is 2.83. The fourth-order valence-electron chi connectivity index (χ4n) is 4.19. The van der Waals surface area contributed by atoms with Crippen LogP contribution in [-0.2, 0) is 16.1 Å². The number of benzene rings is 1. The Labute approximate surface area is 145 Å². The maximum absolute atomic E-state index is 12.0. The molecule has 1 aromatic rings. The van der Waals surface area contributed by atoms with Gasteiger partial charge in [0.2, 0.25) is 5.91 Å². The molecule has 2 aliphatic heterocycles. The number of nitrogens with zero attached hydrogens (tertiary/aromatic N) is 2. The fraction of sp³-hybridized carbons (Fsp3) is 0.500. The molecule has 2 aliphatic rings. The second-order valence-electron chi connectivity index (χ2n) is 6.89. The number of likely N-dealkylation sites (tertiary alicyclic amines) is 2. The largest absolute Gasteiger partial charge is 0.481 e. The Morgan fingerprint density at radius 2 is 1.84 bits per heavy atom. The number of hydrogen-bond acceptors (Lipinski definition) is 4. The van der Waals surface area contributed by atoms with E-state index in [4.69, 9.17) is 0 Å². The Bertz CT molecular complexity index is 709. The number of carbonyl (C=O) groups excluding carboxylic acids is 1. The van der Waals surface area contributed by atoms with Crippen LogP contribution in [0.4, 0.5) is 0 Å². The summed E-state index contributed by atoms with van der Waals surface area (Å²) in [4.78, 5) is 38.7. The maximum Gasteiger partial charge on any atom is 0.336 e. The van der Waals surface area contributed by atoms with Crippen molar-refractivity contribution in [2.24, 2.45) is 5.92 Å². The van der Waals surface area contributed by atoms with Gasteiger partial charge in [0.05, 0.1) is 17.0 Å². The minimum absolute atomic E-state index is 0.0632. The number of amides is 1. The highest BCUT2D eigenvalue weighted by molar-refractivity contribution is 5.89. The number of carboxylic acids is 2. The molecule has 0 radical (unpaired) electrons. The monoisotopic (exact) mass is 346 g/mol. The summed E-state index contributed by atoms with van der Waals surface area (Å²) < 4.78 is 0. The topological polar surface area (TPSA) is 98.2 Å². The van der Waals surface area contributed by atoms with Crippen LogP contribution >= 0.6 is 0 Å². The first-order valence-corrected chi connectivity index (χ1v) is 8.38. The van der Waals surface area contributed by atoms with Crippen molar-refractivity contribution >= 4 is 17.8 Å². The Morgan fingerprint density at radius 3 is 2.44 bits per heavy atom. The second-order valence-corrected chi connectivity index (χ2v) is 6.89. The smallest absolute Gasteiger partial charge is 0.336 e. The number of rotatable bonds is 4. The quantitative estimate of drug-likeness (QED) is 0.852. The van der Waals surface area contributed by atoms with Gasteiger partial charge < -0.3 is 15.1 Å². The predicted molar refractivity (Wildman–Crippen MR) is 89.2 cm³/mol. The van der Waals surface area contributed by atoms with Crippen LogP contribution in [0.1, 0.15) is 35.2 Å². The summed E-state index contributed by atoms with van der Waals surface area (Å²) in [5.74, 6) is -2.64. The van der Waals surface area contributed by atoms with E-state index in [-0.39, 0.29) is 12.3 Å². The number of aromatic carboxylic acids is 1. The molecule has 0 unspecified atom stereocenters. The highest BCUT2D eigenvalue weighted by Crippen LogP contribution is 2.43. The first-order valence-electron chi connectivity index (χ1n) is 8.38. The lowest BCUT2D eigenvalue weighted by Gasteiger charge is -2.45. The molecule has 2 N–H and O–H groups in total. The number of carbonyl (C=O) groups is 3. The minimum Gasteiger partial charge on any atom is -0.481 e. The maximum atomic E-state index is 12.0. The van der Waals surface area contributed by atoms with Gasteiger partial charge in [-0.05, 0) is 24.5 Å². The zero-order valence-electron chi connectivity index (χ0n) is 14.1. The summed E-state index contributed by atoms with van der Waals surface area (Å²) in [6.45, 7) is 1.78. The van der Waals surface area contributed by atoms with Gasteiger partial charge in [-0.3, -0.25) is 14.5 Å². The SMILES string of the molecule is CN1C(=O)C[C@H](C(=O)O)C12CCN(Cc1ccccc1C(=O)O)CC2. The van der Waals surface area contributed by atoms with Crippen LogP contribution in [-0.4, -0.2) is 63.5 Å². The van der Waals surface area contributed by atoms with Gasteiger partial charge in [0.1, 0.15) is 0 Å². The third kappa shape index (κ3) is 3.00. The van der Waals surface area contributed by atoms with Crippen LogP contribution in [0.3, 0.4) is 0 Å². The lowest BCUT2D eigenvalue weighted by molar-refractivity contribution is -0.146. The third-order valence-corrected chi connectivity index (χ3v) is 5.73. The molecule has 0 aromatic heterocycles. The van der Waals surface area contributed by atoms with Gasteiger partial charge in [-0.25, -0.2) is 4.79 Å². The molecule has 1 aromatic carbocycles. The molecule has 2 heterocycles. The number of hydrogen-bond donors (Lipinski definition) is 2. The first-order chi connectivity index (χ1) is 11.8. The summed E-state index contributed by atoms with van der Waals surface area (Å²) >= 11 is 0. The first kappa shape index (κ1) is 17.4. The molecule has 7 nitrogen and oxygen atoms in total. The summed E-state index contributed by atoms with van der Waals surface area (Å²) in [5, 5.41) is 18.8. The molecular weight excluding hydrogens is 324 g/mol. The molecule has 1 amide bonds. The van der Waals surface area contributed by atoms with Crippen LogP contribution < -0.4 is 0 Å². The van der Waals surface area contributed by atoms with Crippen LogP contribution in [0.2, 0.25) is 0 Å². The van der Waals surface area contributed by atoms with E-state index < -0.39 is 23.4 Å². The highest BCUT2D eigenvalue weighted by atomic mass is 16.4. The molecule has 0 aliphatic carbocycles. The van der Waals surface area contributed by atoms with Gasteiger partial charge >= 0.3 is 11.9 Å². The minimum atomic E-state index is -0.948. The number of carboxylic acid groups (broad SMARTS) is 2. The van der Waals surface area contributed by atoms with Crippen LogP contribution in [0.15, 0.2) is 24.3 Å². The van der Waals surface area contributed by atoms with Crippen molar-refractivity contribution in [1.82, 2.24) is 9.80 Å². The molecule has 25 heavy (non-hydrogen) atoms. The molecule has 7 heteroatoms. The predicted octanol–water partition coefficient (Wildman–Crippen LogP) is 1.28. The fourth-order valence-corrected chi connectivity index (χ4v) is 4.19. The van der Waals surface area contributed by atoms with Gasteiger partial charge in [-0.1, -0.05) is 18.2 Å². The van der Waals surface area contributed by atoms with Gasteiger partial charge in [0.25, 0.3) is 0 Å². The van der Waals surface area contributed by atoms with Gasteiger partial charge in [0, 0.05) is 33.1 Å². The van der Waals surface area contributed by atoms with E-state index in [1.807, 2.05) is 6.07 Å². The Morgan fingerprint density at radius 1 is 1.20 bits per heavy atom. The standard InChI is InChI=1S/C18H22N2O5/c1-19-15(21)10-14(17(24)25)18(19)6-8-20(9-7-18)11-12-4-2-3-5-13(12)16(22)23/h2-5,14H,6-11H2,1H3,(H,22,23)(H,24,25)/t14-/m1/s1. The molecule has 2 saturated heterocycles. The van der Waals surface area contributed by atoms with Crippen molar-refractivity contribution < 1.29 is 24.6 Å². The van der Waals surface area contributed by atoms with Crippen molar-refractivity contribution in [2.75, 3.05) is 20.1 Å². The van der Waals surface area contributed by atoms with Crippen LogP contribution in [0.5, 0.6) is 0 Å². The highest BCUT2D eigenvalue weighted by Gasteiger charge is 2.55. The summed E-state index contributed by atoms with van der Waals surface area (Å²) in [7, 11) is 1.70. The molecular formula is C18H22N2O5. The van der Waals surface area contributed by atoms with E-state index in [1.54, 1.807) is 30.1 Å². The number of aliphatic carboxylic acids is 1. The van der Waals surface area contributed by atoms with Crippen molar-refractivity contribution in [3.63, 3.8) is 0 Å². The van der Waals surface area contributed by atoms with E-state index in [2.05, 4.69) is 4.90 Å². The van der Waals surface area contributed by atoms with Crippen molar-refractivity contribution in [3.8, 4) is 0 Å². The Hall–Kier alpha value is -2.41. The lowest BCUT2D eigenvalue weighted by Crippen LogP contribution is -2.55. The summed E-state index contributed by atoms with van der Waals surface area (Å²) in [6.07, 6.45) is 1.23. The average molecular weight is 346 g/mol. The molecule has 2 fully saturated rings. The van der Waals surface area contributed by atoms with Crippen molar-refractivity contribution in [1.29, 1.82) is 0 Å². The molecule has 134 valence electrons. The second kappa shape index (κ2) is 6.48. The van der Waals surface area contributed by atoms with Crippen molar-refractivity contribution in [3.05, 3.63) is 35.4 Å². The summed E-state index contributed by atoms with van der Waals surface area (Å²) in [5.41, 5.74) is 0.419. The zero-order valence-corrected chi connectivity index (χ0v) is 14.1. The van der Waals surface area contributed by atoms with Gasteiger partial charge in [-0.2, -0.15) is 0 Å². The summed E-state index contributed by atoms with van der Waals surface area (Å²) in [6, 6.07) is 6.91. The number of piperidine rings is 1. The normalized spacial score (nSPS) is 23.2. The van der Waals surface area contributed by atoms with Crippen LogP contribution in [0.25, 0.3) is 0 Å². The lowest BCUT2D eigenvalue weighted by atomic mass is 9.77. The van der Waals surface area contributed by atoms with E-state index in [0.29, 0.717) is 38.0 Å². The van der Waals surface area contributed by atoms with Gasteiger partial charge in [0.15, 0.2) is 0 Å². The van der Waals surface area contributed by atoms with E-state index >= 15 is 0 Å². The Balaban J connectivity index is 1.73.